The van der Waals surface area contributed by atoms with Crippen molar-refractivity contribution in [1.82, 2.24) is 19.7 Å². The fourth-order valence-electron chi connectivity index (χ4n) is 1.41. The van der Waals surface area contributed by atoms with Gasteiger partial charge in [-0.3, -0.25) is 14.6 Å². The van der Waals surface area contributed by atoms with Crippen molar-refractivity contribution >= 4 is 5.97 Å². The van der Waals surface area contributed by atoms with E-state index in [-0.39, 0.29) is 5.97 Å². The predicted octanol–water partition coefficient (Wildman–Crippen LogP) is 1.07. The summed E-state index contributed by atoms with van der Waals surface area (Å²) in [6.45, 7) is 1.72. The Morgan fingerprint density at radius 1 is 1.41 bits per heavy atom. The number of esters is 1. The van der Waals surface area contributed by atoms with Crippen molar-refractivity contribution in [3.05, 3.63) is 31.0 Å². The number of carbonyl (C=O) groups excluding carboxylic acids is 1. The summed E-state index contributed by atoms with van der Waals surface area (Å²) in [5.74, 6) is -0.334. The predicted molar refractivity (Wildman–Crippen MR) is 60.0 cm³/mol. The molecule has 17 heavy (non-hydrogen) atoms. The van der Waals surface area contributed by atoms with Crippen LogP contribution in [0.4, 0.5) is 0 Å². The van der Waals surface area contributed by atoms with Gasteiger partial charge >= 0.3 is 5.97 Å². The number of nitrogens with zero attached hydrogens (tertiary/aromatic N) is 4. The molecule has 0 bridgehead atoms. The van der Waals surface area contributed by atoms with E-state index < -0.39 is 6.04 Å². The van der Waals surface area contributed by atoms with Crippen molar-refractivity contribution in [2.24, 2.45) is 0 Å². The molecule has 0 saturated carbocycles. The Morgan fingerprint density at radius 2 is 2.24 bits per heavy atom. The van der Waals surface area contributed by atoms with Gasteiger partial charge in [0.2, 0.25) is 0 Å². The maximum absolute atomic E-state index is 11.3. The zero-order valence-electron chi connectivity index (χ0n) is 9.57. The second-order valence-electron chi connectivity index (χ2n) is 3.50. The Hall–Kier alpha value is -2.24. The average molecular weight is 232 g/mol. The van der Waals surface area contributed by atoms with Gasteiger partial charge in [0.15, 0.2) is 0 Å². The largest absolute Gasteiger partial charge is 0.467 e. The Balaban J connectivity index is 2.25. The van der Waals surface area contributed by atoms with E-state index >= 15 is 0 Å². The molecule has 0 fully saturated rings. The summed E-state index contributed by atoms with van der Waals surface area (Å²) in [4.78, 5) is 19.5. The van der Waals surface area contributed by atoms with E-state index in [2.05, 4.69) is 19.8 Å². The molecule has 0 aromatic carbocycles. The quantitative estimate of drug-likeness (QED) is 0.740. The van der Waals surface area contributed by atoms with Crippen LogP contribution in [-0.2, 0) is 9.53 Å². The van der Waals surface area contributed by atoms with Crippen molar-refractivity contribution in [3.8, 4) is 11.3 Å². The van der Waals surface area contributed by atoms with Gasteiger partial charge < -0.3 is 4.74 Å². The number of carbonyl (C=O) groups is 1. The molecule has 6 nitrogen and oxygen atoms in total. The molecule has 0 aliphatic carbocycles. The maximum atomic E-state index is 11.3. The number of hydrogen-bond acceptors (Lipinski definition) is 5. The van der Waals surface area contributed by atoms with Gasteiger partial charge in [-0.15, -0.1) is 0 Å². The van der Waals surface area contributed by atoms with Gasteiger partial charge in [-0.1, -0.05) is 0 Å². The van der Waals surface area contributed by atoms with Crippen LogP contribution in [0, 0.1) is 0 Å². The van der Waals surface area contributed by atoms with E-state index in [4.69, 9.17) is 0 Å². The van der Waals surface area contributed by atoms with Crippen LogP contribution in [-0.4, -0.2) is 32.8 Å². The Kier molecular flexibility index (Phi) is 3.13. The minimum absolute atomic E-state index is 0.334. The molecule has 0 aliphatic rings. The second-order valence-corrected chi connectivity index (χ2v) is 3.50. The summed E-state index contributed by atoms with van der Waals surface area (Å²) >= 11 is 0. The van der Waals surface area contributed by atoms with Crippen LogP contribution in [0.25, 0.3) is 11.3 Å². The zero-order valence-corrected chi connectivity index (χ0v) is 9.57. The first-order valence-corrected chi connectivity index (χ1v) is 5.10. The molecule has 0 saturated heterocycles. The van der Waals surface area contributed by atoms with Crippen LogP contribution in [0.15, 0.2) is 31.0 Å². The van der Waals surface area contributed by atoms with E-state index in [1.54, 1.807) is 37.9 Å². The van der Waals surface area contributed by atoms with Crippen LogP contribution in [0.5, 0.6) is 0 Å². The number of hydrogen-bond donors (Lipinski definition) is 0. The average Bonchev–Trinajstić information content (AvgIpc) is 2.87. The maximum Gasteiger partial charge on any atom is 0.330 e. The third kappa shape index (κ3) is 2.30. The number of rotatable bonds is 3. The van der Waals surface area contributed by atoms with Crippen LogP contribution < -0.4 is 0 Å². The van der Waals surface area contributed by atoms with Gasteiger partial charge in [-0.25, -0.2) is 4.79 Å². The molecular weight excluding hydrogens is 220 g/mol. The minimum Gasteiger partial charge on any atom is -0.467 e. The van der Waals surface area contributed by atoms with E-state index in [0.717, 1.165) is 11.3 Å². The molecule has 2 heterocycles. The standard InChI is InChI=1S/C11H12N4O2/c1-8(11(16)17-2)15-7-9(5-14-15)10-6-12-3-4-13-10/h3-8H,1-2H3. The van der Waals surface area contributed by atoms with E-state index in [9.17, 15) is 4.79 Å². The monoisotopic (exact) mass is 232 g/mol. The molecule has 88 valence electrons. The highest BCUT2D eigenvalue weighted by Crippen LogP contribution is 2.16. The highest BCUT2D eigenvalue weighted by atomic mass is 16.5. The Labute approximate surface area is 98.3 Å². The van der Waals surface area contributed by atoms with Crippen molar-refractivity contribution < 1.29 is 9.53 Å². The highest BCUT2D eigenvalue weighted by Gasteiger charge is 2.16. The minimum atomic E-state index is -0.453. The van der Waals surface area contributed by atoms with Crippen LogP contribution in [0.2, 0.25) is 0 Å². The van der Waals surface area contributed by atoms with Gasteiger partial charge in [0.05, 0.1) is 25.2 Å². The molecule has 0 amide bonds. The van der Waals surface area contributed by atoms with Gasteiger partial charge in [0.1, 0.15) is 6.04 Å². The molecule has 6 heteroatoms. The zero-order chi connectivity index (χ0) is 12.3. The fourth-order valence-corrected chi connectivity index (χ4v) is 1.41. The van der Waals surface area contributed by atoms with E-state index in [0.29, 0.717) is 0 Å². The summed E-state index contributed by atoms with van der Waals surface area (Å²) < 4.78 is 6.19. The summed E-state index contributed by atoms with van der Waals surface area (Å²) in [6, 6.07) is -0.453. The molecule has 2 aromatic rings. The smallest absolute Gasteiger partial charge is 0.330 e. The molecule has 1 atom stereocenters. The SMILES string of the molecule is COC(=O)C(C)n1cc(-c2cnccn2)cn1. The lowest BCUT2D eigenvalue weighted by atomic mass is 10.3. The third-order valence-electron chi connectivity index (χ3n) is 2.40. The highest BCUT2D eigenvalue weighted by molar-refractivity contribution is 5.73. The first-order chi connectivity index (χ1) is 8.22. The lowest BCUT2D eigenvalue weighted by molar-refractivity contribution is -0.144. The summed E-state index contributed by atoms with van der Waals surface area (Å²) in [7, 11) is 1.35. The third-order valence-corrected chi connectivity index (χ3v) is 2.40. The van der Waals surface area contributed by atoms with Crippen LogP contribution in [0.1, 0.15) is 13.0 Å². The van der Waals surface area contributed by atoms with E-state index in [1.165, 1.54) is 11.8 Å². The number of ether oxygens (including phenoxy) is 1. The van der Waals surface area contributed by atoms with Crippen LogP contribution in [0.3, 0.4) is 0 Å². The lowest BCUT2D eigenvalue weighted by Crippen LogP contribution is -2.17. The van der Waals surface area contributed by atoms with Crippen molar-refractivity contribution in [2.75, 3.05) is 7.11 Å². The van der Waals surface area contributed by atoms with Crippen molar-refractivity contribution in [3.63, 3.8) is 0 Å². The van der Waals surface area contributed by atoms with Gasteiger partial charge in [0, 0.05) is 24.2 Å². The first kappa shape index (κ1) is 11.3. The molecule has 0 radical (unpaired) electrons. The summed E-state index contributed by atoms with van der Waals surface area (Å²) in [5.41, 5.74) is 1.53. The topological polar surface area (TPSA) is 69.9 Å². The Morgan fingerprint density at radius 3 is 2.88 bits per heavy atom. The van der Waals surface area contributed by atoms with Gasteiger partial charge in [-0.05, 0) is 6.92 Å². The summed E-state index contributed by atoms with van der Waals surface area (Å²) in [6.07, 6.45) is 8.24. The van der Waals surface area contributed by atoms with Crippen molar-refractivity contribution in [2.45, 2.75) is 13.0 Å². The summed E-state index contributed by atoms with van der Waals surface area (Å²) in [5, 5.41) is 4.11. The normalized spacial score (nSPS) is 12.1. The van der Waals surface area contributed by atoms with Crippen LogP contribution >= 0.6 is 0 Å². The number of methoxy groups -OCH3 is 1. The van der Waals surface area contributed by atoms with Gasteiger partial charge in [-0.2, -0.15) is 5.10 Å². The molecule has 1 unspecified atom stereocenters. The van der Waals surface area contributed by atoms with E-state index in [1.807, 2.05) is 0 Å². The first-order valence-electron chi connectivity index (χ1n) is 5.10. The van der Waals surface area contributed by atoms with Crippen molar-refractivity contribution in [1.29, 1.82) is 0 Å². The second kappa shape index (κ2) is 4.73. The fraction of sp³-hybridized carbons (Fsp3) is 0.273. The molecule has 0 aliphatic heterocycles. The number of aromatic nitrogens is 4. The molecular formula is C11H12N4O2. The molecule has 2 rings (SSSR count). The lowest BCUT2D eigenvalue weighted by Gasteiger charge is -2.08. The van der Waals surface area contributed by atoms with Gasteiger partial charge in [0.25, 0.3) is 0 Å². The molecule has 0 spiro atoms. The molecule has 0 N–H and O–H groups in total. The Bertz CT molecular complexity index is 509. The molecule has 2 aromatic heterocycles.